The van der Waals surface area contributed by atoms with Crippen molar-refractivity contribution in [2.24, 2.45) is 0 Å². The molecule has 142 valence electrons. The molecule has 0 unspecified atom stereocenters. The summed E-state index contributed by atoms with van der Waals surface area (Å²) in [5.74, 6) is 0.699. The Kier molecular flexibility index (Phi) is 5.90. The molecule has 27 heavy (non-hydrogen) atoms. The van der Waals surface area contributed by atoms with Crippen molar-refractivity contribution in [1.29, 1.82) is 0 Å². The Hall–Kier alpha value is -3.09. The highest BCUT2D eigenvalue weighted by Gasteiger charge is 2.23. The highest BCUT2D eigenvalue weighted by Crippen LogP contribution is 2.18. The second kappa shape index (κ2) is 8.53. The number of piperazine rings is 1. The van der Waals surface area contributed by atoms with Crippen molar-refractivity contribution >= 4 is 23.5 Å². The van der Waals surface area contributed by atoms with Gasteiger partial charge in [-0.25, -0.2) is 9.78 Å². The fourth-order valence-corrected chi connectivity index (χ4v) is 3.00. The van der Waals surface area contributed by atoms with Gasteiger partial charge in [0, 0.05) is 45.1 Å². The number of para-hydroxylation sites is 1. The van der Waals surface area contributed by atoms with Gasteiger partial charge in [-0.05, 0) is 31.2 Å². The summed E-state index contributed by atoms with van der Waals surface area (Å²) in [6.07, 6.45) is 1.34. The van der Waals surface area contributed by atoms with E-state index < -0.39 is 0 Å². The largest absolute Gasteiger partial charge is 0.450 e. The number of rotatable bonds is 4. The number of amides is 2. The van der Waals surface area contributed by atoms with Crippen LogP contribution in [0.15, 0.2) is 48.7 Å². The van der Waals surface area contributed by atoms with Gasteiger partial charge in [0.2, 0.25) is 0 Å². The lowest BCUT2D eigenvalue weighted by Crippen LogP contribution is -2.49. The first-order valence-electron chi connectivity index (χ1n) is 9.06. The Bertz CT molecular complexity index is 772. The van der Waals surface area contributed by atoms with Crippen LogP contribution in [0.3, 0.4) is 0 Å². The summed E-state index contributed by atoms with van der Waals surface area (Å²) in [7, 11) is 1.75. The number of pyridine rings is 1. The first-order chi connectivity index (χ1) is 13.1. The zero-order valence-electron chi connectivity index (χ0n) is 15.7. The average Bonchev–Trinajstić information content (AvgIpc) is 2.74. The second-order valence-corrected chi connectivity index (χ2v) is 6.28. The lowest BCUT2D eigenvalue weighted by Gasteiger charge is -2.34. The molecule has 0 spiro atoms. The number of carbonyl (C=O) groups excluding carboxylic acids is 2. The third kappa shape index (κ3) is 4.36. The third-order valence-electron chi connectivity index (χ3n) is 4.57. The molecule has 2 aromatic rings. The van der Waals surface area contributed by atoms with E-state index in [1.165, 1.54) is 0 Å². The number of aromatic nitrogens is 1. The Morgan fingerprint density at radius 1 is 1.07 bits per heavy atom. The molecule has 2 amide bonds. The number of anilines is 2. The van der Waals surface area contributed by atoms with Gasteiger partial charge >= 0.3 is 6.09 Å². The first-order valence-corrected chi connectivity index (χ1v) is 9.06. The quantitative estimate of drug-likeness (QED) is 0.830. The van der Waals surface area contributed by atoms with E-state index in [0.717, 1.165) is 11.5 Å². The third-order valence-corrected chi connectivity index (χ3v) is 4.57. The molecule has 1 aromatic heterocycles. The van der Waals surface area contributed by atoms with Gasteiger partial charge in [-0.1, -0.05) is 18.2 Å². The molecule has 1 aliphatic heterocycles. The molecule has 0 atom stereocenters. The van der Waals surface area contributed by atoms with Crippen LogP contribution in [-0.2, 0) is 4.74 Å². The smallest absolute Gasteiger partial charge is 0.409 e. The summed E-state index contributed by atoms with van der Waals surface area (Å²) in [6, 6.07) is 13.1. The van der Waals surface area contributed by atoms with Gasteiger partial charge in [-0.2, -0.15) is 0 Å². The van der Waals surface area contributed by atoms with Crippen molar-refractivity contribution in [3.63, 3.8) is 0 Å². The van der Waals surface area contributed by atoms with Gasteiger partial charge in [0.15, 0.2) is 0 Å². The molecular weight excluding hydrogens is 344 g/mol. The number of carbonyl (C=O) groups is 2. The molecule has 0 bridgehead atoms. The Labute approximate surface area is 159 Å². The van der Waals surface area contributed by atoms with Crippen LogP contribution in [0.5, 0.6) is 0 Å². The standard InChI is InChI=1S/C20H24N4O3/c1-3-27-20(26)24-13-11-23(12-14-24)18-10-9-16(15-21-18)19(25)22(2)17-7-5-4-6-8-17/h4-10,15H,3,11-14H2,1-2H3. The maximum absolute atomic E-state index is 12.6. The van der Waals surface area contributed by atoms with E-state index in [0.29, 0.717) is 38.3 Å². The predicted molar refractivity (Wildman–Crippen MR) is 104 cm³/mol. The van der Waals surface area contributed by atoms with Crippen LogP contribution >= 0.6 is 0 Å². The van der Waals surface area contributed by atoms with Crippen LogP contribution in [0.2, 0.25) is 0 Å². The molecule has 1 fully saturated rings. The number of benzene rings is 1. The van der Waals surface area contributed by atoms with Crippen LogP contribution in [0.1, 0.15) is 17.3 Å². The van der Waals surface area contributed by atoms with E-state index in [9.17, 15) is 9.59 Å². The molecule has 0 saturated carbocycles. The molecule has 1 saturated heterocycles. The number of hydrogen-bond acceptors (Lipinski definition) is 5. The summed E-state index contributed by atoms with van der Waals surface area (Å²) >= 11 is 0. The lowest BCUT2D eigenvalue weighted by atomic mass is 10.2. The number of hydrogen-bond donors (Lipinski definition) is 0. The normalized spacial score (nSPS) is 14.0. The average molecular weight is 368 g/mol. The second-order valence-electron chi connectivity index (χ2n) is 6.28. The van der Waals surface area contributed by atoms with E-state index in [1.807, 2.05) is 36.4 Å². The van der Waals surface area contributed by atoms with Gasteiger partial charge in [0.05, 0.1) is 12.2 Å². The highest BCUT2D eigenvalue weighted by atomic mass is 16.6. The van der Waals surface area contributed by atoms with E-state index in [2.05, 4.69) is 9.88 Å². The van der Waals surface area contributed by atoms with Crippen molar-refractivity contribution in [2.75, 3.05) is 49.6 Å². The highest BCUT2D eigenvalue weighted by molar-refractivity contribution is 6.05. The molecular formula is C20H24N4O3. The minimum absolute atomic E-state index is 0.104. The van der Waals surface area contributed by atoms with Crippen molar-refractivity contribution in [1.82, 2.24) is 9.88 Å². The molecule has 1 aliphatic rings. The predicted octanol–water partition coefficient (Wildman–Crippen LogP) is 2.64. The van der Waals surface area contributed by atoms with E-state index in [1.54, 1.807) is 36.0 Å². The van der Waals surface area contributed by atoms with Gasteiger partial charge in [0.1, 0.15) is 5.82 Å². The van der Waals surface area contributed by atoms with Gasteiger partial charge in [-0.3, -0.25) is 4.79 Å². The summed E-state index contributed by atoms with van der Waals surface area (Å²) in [5.41, 5.74) is 1.37. The van der Waals surface area contributed by atoms with Crippen molar-refractivity contribution in [2.45, 2.75) is 6.92 Å². The van der Waals surface area contributed by atoms with Crippen molar-refractivity contribution in [3.05, 3.63) is 54.2 Å². The summed E-state index contributed by atoms with van der Waals surface area (Å²) < 4.78 is 5.03. The molecule has 7 heteroatoms. The fourth-order valence-electron chi connectivity index (χ4n) is 3.00. The Balaban J connectivity index is 1.61. The maximum atomic E-state index is 12.6. The zero-order valence-corrected chi connectivity index (χ0v) is 15.7. The maximum Gasteiger partial charge on any atom is 0.409 e. The summed E-state index contributed by atoms with van der Waals surface area (Å²) in [6.45, 7) is 4.74. The van der Waals surface area contributed by atoms with Crippen molar-refractivity contribution < 1.29 is 14.3 Å². The summed E-state index contributed by atoms with van der Waals surface area (Å²) in [5, 5.41) is 0. The topological polar surface area (TPSA) is 66.0 Å². The SMILES string of the molecule is CCOC(=O)N1CCN(c2ccc(C(=O)N(C)c3ccccc3)cn2)CC1. The molecule has 7 nitrogen and oxygen atoms in total. The van der Waals surface area contributed by atoms with Gasteiger partial charge in [0.25, 0.3) is 5.91 Å². The van der Waals surface area contributed by atoms with Crippen molar-refractivity contribution in [3.8, 4) is 0 Å². The number of nitrogens with zero attached hydrogens (tertiary/aromatic N) is 4. The van der Waals surface area contributed by atoms with Crippen LogP contribution in [0.4, 0.5) is 16.3 Å². The monoisotopic (exact) mass is 368 g/mol. The van der Waals surface area contributed by atoms with E-state index >= 15 is 0 Å². The molecule has 0 radical (unpaired) electrons. The fraction of sp³-hybridized carbons (Fsp3) is 0.350. The number of ether oxygens (including phenoxy) is 1. The van der Waals surface area contributed by atoms with Crippen LogP contribution < -0.4 is 9.80 Å². The first kappa shape index (κ1) is 18.7. The zero-order chi connectivity index (χ0) is 19.2. The van der Waals surface area contributed by atoms with Crippen LogP contribution in [-0.4, -0.2) is 61.7 Å². The minimum Gasteiger partial charge on any atom is -0.450 e. The van der Waals surface area contributed by atoms with E-state index in [4.69, 9.17) is 4.74 Å². The molecule has 2 heterocycles. The van der Waals surface area contributed by atoms with Gasteiger partial charge < -0.3 is 19.4 Å². The Morgan fingerprint density at radius 3 is 2.37 bits per heavy atom. The molecule has 1 aromatic carbocycles. The molecule has 0 aliphatic carbocycles. The molecule has 0 N–H and O–H groups in total. The summed E-state index contributed by atoms with van der Waals surface area (Å²) in [4.78, 5) is 34.3. The lowest BCUT2D eigenvalue weighted by molar-refractivity contribution is 0.0991. The Morgan fingerprint density at radius 2 is 1.78 bits per heavy atom. The van der Waals surface area contributed by atoms with Crippen LogP contribution in [0, 0.1) is 0 Å². The minimum atomic E-state index is -0.269. The molecule has 3 rings (SSSR count). The van der Waals surface area contributed by atoms with Crippen LogP contribution in [0.25, 0.3) is 0 Å². The van der Waals surface area contributed by atoms with E-state index in [-0.39, 0.29) is 12.0 Å². The van der Waals surface area contributed by atoms with Gasteiger partial charge in [-0.15, -0.1) is 0 Å².